The number of rotatable bonds is 7. The lowest BCUT2D eigenvalue weighted by atomic mass is 9.92. The van der Waals surface area contributed by atoms with E-state index in [0.717, 1.165) is 17.7 Å². The molecule has 1 aromatic rings. The van der Waals surface area contributed by atoms with Crippen LogP contribution >= 0.6 is 11.3 Å². The van der Waals surface area contributed by atoms with E-state index >= 15 is 0 Å². The van der Waals surface area contributed by atoms with Crippen LogP contribution in [0.15, 0.2) is 16.3 Å². The van der Waals surface area contributed by atoms with E-state index in [1.165, 1.54) is 11.3 Å². The first-order valence-corrected chi connectivity index (χ1v) is 8.85. The molecule has 4 nitrogen and oxygen atoms in total. The molecule has 0 spiro atoms. The van der Waals surface area contributed by atoms with E-state index in [1.807, 2.05) is 19.9 Å². The van der Waals surface area contributed by atoms with Crippen LogP contribution in [0.2, 0.25) is 0 Å². The number of hydrogen-bond acceptors (Lipinski definition) is 4. The van der Waals surface area contributed by atoms with Crippen LogP contribution in [0.5, 0.6) is 0 Å². The zero-order valence-electron chi connectivity index (χ0n) is 12.1. The summed E-state index contributed by atoms with van der Waals surface area (Å²) in [5.74, 6) is 0.380. The van der Waals surface area contributed by atoms with E-state index < -0.39 is 15.6 Å². The van der Waals surface area contributed by atoms with Crippen LogP contribution in [0.3, 0.4) is 0 Å². The normalized spacial score (nSPS) is 15.7. The molecule has 19 heavy (non-hydrogen) atoms. The van der Waals surface area contributed by atoms with Crippen molar-refractivity contribution in [1.29, 1.82) is 0 Å². The van der Waals surface area contributed by atoms with Crippen LogP contribution in [-0.4, -0.2) is 20.5 Å². The zero-order valence-corrected chi connectivity index (χ0v) is 13.7. The largest absolute Gasteiger partial charge is 0.329 e. The quantitative estimate of drug-likeness (QED) is 0.812. The smallest absolute Gasteiger partial charge is 0.250 e. The van der Waals surface area contributed by atoms with Gasteiger partial charge in [0.05, 0.1) is 0 Å². The number of sulfonamides is 1. The third-order valence-electron chi connectivity index (χ3n) is 2.94. The summed E-state index contributed by atoms with van der Waals surface area (Å²) in [6.45, 7) is 8.28. The highest BCUT2D eigenvalue weighted by Gasteiger charge is 2.30. The minimum Gasteiger partial charge on any atom is -0.329 e. The first-order chi connectivity index (χ1) is 8.72. The molecule has 1 aromatic heterocycles. The molecule has 6 heteroatoms. The minimum atomic E-state index is -3.48. The van der Waals surface area contributed by atoms with Gasteiger partial charge in [-0.2, -0.15) is 0 Å². The highest BCUT2D eigenvalue weighted by atomic mass is 32.2. The van der Waals surface area contributed by atoms with Gasteiger partial charge < -0.3 is 5.73 Å². The van der Waals surface area contributed by atoms with Crippen LogP contribution in [0.25, 0.3) is 0 Å². The van der Waals surface area contributed by atoms with Crippen molar-refractivity contribution in [1.82, 2.24) is 4.72 Å². The highest BCUT2D eigenvalue weighted by molar-refractivity contribution is 7.91. The van der Waals surface area contributed by atoms with Gasteiger partial charge in [-0.1, -0.05) is 20.8 Å². The predicted octanol–water partition coefficient (Wildman–Crippen LogP) is 2.35. The van der Waals surface area contributed by atoms with Gasteiger partial charge >= 0.3 is 0 Å². The fourth-order valence-electron chi connectivity index (χ4n) is 2.14. The topological polar surface area (TPSA) is 72.2 Å². The molecule has 0 bridgehead atoms. The summed E-state index contributed by atoms with van der Waals surface area (Å²) in [6, 6.07) is 3.53. The number of hydrogen-bond donors (Lipinski definition) is 2. The van der Waals surface area contributed by atoms with Crippen molar-refractivity contribution >= 4 is 21.4 Å². The summed E-state index contributed by atoms with van der Waals surface area (Å²) < 4.78 is 27.9. The van der Waals surface area contributed by atoms with Crippen molar-refractivity contribution in [3.8, 4) is 0 Å². The van der Waals surface area contributed by atoms with Crippen LogP contribution in [0.1, 0.15) is 39.0 Å². The Balaban J connectivity index is 2.94. The first-order valence-electron chi connectivity index (χ1n) is 6.55. The van der Waals surface area contributed by atoms with E-state index in [2.05, 4.69) is 18.6 Å². The zero-order chi connectivity index (χ0) is 14.7. The Bertz CT molecular complexity index is 508. The van der Waals surface area contributed by atoms with Crippen molar-refractivity contribution in [2.24, 2.45) is 11.7 Å². The Kier molecular flexibility index (Phi) is 5.55. The lowest BCUT2D eigenvalue weighted by molar-refractivity contribution is 0.345. The van der Waals surface area contributed by atoms with Gasteiger partial charge in [0, 0.05) is 17.0 Å². The van der Waals surface area contributed by atoms with Crippen molar-refractivity contribution < 1.29 is 8.42 Å². The van der Waals surface area contributed by atoms with E-state index in [-0.39, 0.29) is 6.54 Å². The number of nitrogens with one attached hydrogen (secondary N) is 1. The van der Waals surface area contributed by atoms with Crippen LogP contribution in [0, 0.1) is 5.92 Å². The molecule has 0 saturated heterocycles. The highest BCUT2D eigenvalue weighted by Crippen LogP contribution is 2.25. The molecule has 0 aliphatic heterocycles. The van der Waals surface area contributed by atoms with Crippen LogP contribution < -0.4 is 10.5 Å². The Morgan fingerprint density at radius 3 is 2.47 bits per heavy atom. The third kappa shape index (κ3) is 4.56. The van der Waals surface area contributed by atoms with Gasteiger partial charge in [0.25, 0.3) is 10.0 Å². The van der Waals surface area contributed by atoms with E-state index in [9.17, 15) is 8.42 Å². The SMILES string of the molecule is CCc1ccc(S(=O)(=O)NC(C)(CN)CC(C)C)s1. The molecule has 1 atom stereocenters. The minimum absolute atomic E-state index is 0.288. The molecule has 0 saturated carbocycles. The lowest BCUT2D eigenvalue weighted by Crippen LogP contribution is -2.51. The Morgan fingerprint density at radius 2 is 2.05 bits per heavy atom. The first kappa shape index (κ1) is 16.6. The second kappa shape index (κ2) is 6.35. The molecule has 0 aliphatic rings. The number of thiophene rings is 1. The molecule has 0 aromatic carbocycles. The molecular weight excluding hydrogens is 280 g/mol. The summed E-state index contributed by atoms with van der Waals surface area (Å²) in [7, 11) is -3.48. The van der Waals surface area contributed by atoms with E-state index in [1.54, 1.807) is 6.07 Å². The molecule has 0 fully saturated rings. The predicted molar refractivity (Wildman–Crippen MR) is 80.9 cm³/mol. The fraction of sp³-hybridized carbons (Fsp3) is 0.692. The van der Waals surface area contributed by atoms with E-state index in [0.29, 0.717) is 10.1 Å². The summed E-state index contributed by atoms with van der Waals surface area (Å²) in [5.41, 5.74) is 5.15. The summed E-state index contributed by atoms with van der Waals surface area (Å²) in [4.78, 5) is 1.07. The van der Waals surface area contributed by atoms with Crippen molar-refractivity contribution in [3.05, 3.63) is 17.0 Å². The van der Waals surface area contributed by atoms with Crippen molar-refractivity contribution in [2.45, 2.75) is 50.3 Å². The maximum atomic E-state index is 12.4. The summed E-state index contributed by atoms with van der Waals surface area (Å²) in [6.07, 6.45) is 1.56. The molecule has 1 rings (SSSR count). The third-order valence-corrected chi connectivity index (χ3v) is 6.30. The van der Waals surface area contributed by atoms with Gasteiger partial charge in [0.2, 0.25) is 0 Å². The molecule has 110 valence electrons. The van der Waals surface area contributed by atoms with Gasteiger partial charge in [-0.3, -0.25) is 0 Å². The summed E-state index contributed by atoms with van der Waals surface area (Å²) >= 11 is 1.32. The van der Waals surface area contributed by atoms with Gasteiger partial charge in [0.1, 0.15) is 4.21 Å². The number of nitrogens with two attached hydrogens (primary N) is 1. The van der Waals surface area contributed by atoms with Crippen LogP contribution in [-0.2, 0) is 16.4 Å². The number of aryl methyl sites for hydroxylation is 1. The molecule has 3 N–H and O–H groups in total. The lowest BCUT2D eigenvalue weighted by Gasteiger charge is -2.30. The Morgan fingerprint density at radius 1 is 1.42 bits per heavy atom. The van der Waals surface area contributed by atoms with Crippen LogP contribution in [0.4, 0.5) is 0 Å². The second-order valence-corrected chi connectivity index (χ2v) is 8.62. The van der Waals surface area contributed by atoms with Gasteiger partial charge in [-0.05, 0) is 37.8 Å². The molecule has 0 aliphatic carbocycles. The molecular formula is C13H24N2O2S2. The molecule has 0 amide bonds. The summed E-state index contributed by atoms with van der Waals surface area (Å²) in [5, 5.41) is 0. The van der Waals surface area contributed by atoms with Gasteiger partial charge in [-0.25, -0.2) is 13.1 Å². The Hall–Kier alpha value is -0.430. The van der Waals surface area contributed by atoms with Gasteiger partial charge in [0.15, 0.2) is 0 Å². The Labute approximate surface area is 120 Å². The van der Waals surface area contributed by atoms with Crippen molar-refractivity contribution in [2.75, 3.05) is 6.54 Å². The average molecular weight is 304 g/mol. The fourth-order valence-corrected chi connectivity index (χ4v) is 4.86. The standard InChI is InChI=1S/C13H24N2O2S2/c1-5-11-6-7-12(18-11)19(16,17)15-13(4,9-14)8-10(2)3/h6-7,10,15H,5,8-9,14H2,1-4H3. The maximum Gasteiger partial charge on any atom is 0.250 e. The van der Waals surface area contributed by atoms with E-state index in [4.69, 9.17) is 5.73 Å². The maximum absolute atomic E-state index is 12.4. The average Bonchev–Trinajstić information content (AvgIpc) is 2.76. The molecule has 1 unspecified atom stereocenters. The molecule has 0 radical (unpaired) electrons. The molecule has 1 heterocycles. The van der Waals surface area contributed by atoms with Crippen molar-refractivity contribution in [3.63, 3.8) is 0 Å². The second-order valence-electron chi connectivity index (χ2n) is 5.54. The van der Waals surface area contributed by atoms with Gasteiger partial charge in [-0.15, -0.1) is 11.3 Å². The monoisotopic (exact) mass is 304 g/mol.